The third-order valence-corrected chi connectivity index (χ3v) is 3.85. The van der Waals surface area contributed by atoms with Gasteiger partial charge in [0.25, 0.3) is 0 Å². The van der Waals surface area contributed by atoms with Crippen molar-refractivity contribution in [2.24, 2.45) is 11.7 Å². The molecule has 0 aromatic carbocycles. The minimum Gasteiger partial charge on any atom is -0.338 e. The summed E-state index contributed by atoms with van der Waals surface area (Å²) in [5.41, 5.74) is 5.54. The maximum Gasteiger partial charge on any atom is 0.242 e. The van der Waals surface area contributed by atoms with Gasteiger partial charge in [0.05, 0.1) is 5.54 Å². The second-order valence-corrected chi connectivity index (χ2v) is 6.46. The van der Waals surface area contributed by atoms with Crippen molar-refractivity contribution in [2.45, 2.75) is 77.8 Å². The molecule has 0 saturated heterocycles. The number of carbonyl (C=O) groups is 1. The van der Waals surface area contributed by atoms with E-state index in [0.29, 0.717) is 12.0 Å². The molecular weight excluding hydrogens is 224 g/mol. The normalized spacial score (nSPS) is 20.1. The number of rotatable bonds is 6. The van der Waals surface area contributed by atoms with Gasteiger partial charge in [0.2, 0.25) is 5.91 Å². The molecule has 3 heteroatoms. The van der Waals surface area contributed by atoms with Crippen LogP contribution in [0.1, 0.15) is 66.2 Å². The highest BCUT2D eigenvalue weighted by molar-refractivity contribution is 5.86. The van der Waals surface area contributed by atoms with Crippen molar-refractivity contribution in [3.8, 4) is 0 Å². The molecule has 18 heavy (non-hydrogen) atoms. The van der Waals surface area contributed by atoms with Crippen LogP contribution in [0.15, 0.2) is 0 Å². The lowest BCUT2D eigenvalue weighted by molar-refractivity contribution is -0.139. The molecule has 0 aromatic heterocycles. The Balaban J connectivity index is 2.77. The Kier molecular flexibility index (Phi) is 5.64. The zero-order valence-electron chi connectivity index (χ0n) is 12.5. The van der Waals surface area contributed by atoms with Gasteiger partial charge in [-0.2, -0.15) is 0 Å². The van der Waals surface area contributed by atoms with E-state index in [1.807, 2.05) is 6.92 Å². The summed E-state index contributed by atoms with van der Waals surface area (Å²) in [4.78, 5) is 14.8. The van der Waals surface area contributed by atoms with E-state index >= 15 is 0 Å². The van der Waals surface area contributed by atoms with Crippen LogP contribution in [0.4, 0.5) is 0 Å². The van der Waals surface area contributed by atoms with E-state index in [1.165, 1.54) is 12.8 Å². The van der Waals surface area contributed by atoms with Crippen LogP contribution in [0.3, 0.4) is 0 Å². The molecule has 0 radical (unpaired) electrons. The Morgan fingerprint density at radius 1 is 1.39 bits per heavy atom. The third kappa shape index (κ3) is 3.98. The summed E-state index contributed by atoms with van der Waals surface area (Å²) >= 11 is 0. The van der Waals surface area contributed by atoms with E-state index in [4.69, 9.17) is 5.73 Å². The Hall–Kier alpha value is -0.570. The Labute approximate surface area is 112 Å². The third-order valence-electron chi connectivity index (χ3n) is 3.85. The molecule has 0 aromatic rings. The standard InChI is InChI=1S/C15H30N2O/c1-5-10-15(4,16)14(18)17(11-12(2)3)13-8-6-7-9-13/h12-13H,5-11,16H2,1-4H3. The molecule has 106 valence electrons. The van der Waals surface area contributed by atoms with E-state index in [0.717, 1.165) is 32.2 Å². The van der Waals surface area contributed by atoms with Crippen LogP contribution >= 0.6 is 0 Å². The topological polar surface area (TPSA) is 46.3 Å². The fourth-order valence-corrected chi connectivity index (χ4v) is 2.96. The molecule has 1 fully saturated rings. The van der Waals surface area contributed by atoms with Crippen LogP contribution in [0.25, 0.3) is 0 Å². The molecule has 3 nitrogen and oxygen atoms in total. The van der Waals surface area contributed by atoms with Gasteiger partial charge < -0.3 is 10.6 Å². The highest BCUT2D eigenvalue weighted by Gasteiger charge is 2.36. The van der Waals surface area contributed by atoms with Crippen molar-refractivity contribution in [1.29, 1.82) is 0 Å². The zero-order valence-corrected chi connectivity index (χ0v) is 12.5. The van der Waals surface area contributed by atoms with Gasteiger partial charge in [-0.05, 0) is 32.1 Å². The number of nitrogens with two attached hydrogens (primary N) is 1. The Morgan fingerprint density at radius 2 is 1.94 bits per heavy atom. The first-order valence-corrected chi connectivity index (χ1v) is 7.48. The van der Waals surface area contributed by atoms with Crippen LogP contribution in [-0.2, 0) is 4.79 Å². The van der Waals surface area contributed by atoms with Crippen LogP contribution in [0, 0.1) is 5.92 Å². The summed E-state index contributed by atoms with van der Waals surface area (Å²) in [5.74, 6) is 0.664. The van der Waals surface area contributed by atoms with Crippen molar-refractivity contribution in [2.75, 3.05) is 6.54 Å². The van der Waals surface area contributed by atoms with E-state index in [-0.39, 0.29) is 5.91 Å². The van der Waals surface area contributed by atoms with Crippen molar-refractivity contribution >= 4 is 5.91 Å². The second kappa shape index (κ2) is 6.55. The molecule has 2 N–H and O–H groups in total. The molecule has 1 saturated carbocycles. The number of amides is 1. The smallest absolute Gasteiger partial charge is 0.242 e. The highest BCUT2D eigenvalue weighted by atomic mass is 16.2. The van der Waals surface area contributed by atoms with Gasteiger partial charge in [0.1, 0.15) is 0 Å². The first-order valence-electron chi connectivity index (χ1n) is 7.48. The number of hydrogen-bond acceptors (Lipinski definition) is 2. The quantitative estimate of drug-likeness (QED) is 0.792. The summed E-state index contributed by atoms with van der Waals surface area (Å²) in [6.45, 7) is 9.16. The predicted molar refractivity (Wildman–Crippen MR) is 76.3 cm³/mol. The summed E-state index contributed by atoms with van der Waals surface area (Å²) < 4.78 is 0. The van der Waals surface area contributed by atoms with Crippen LogP contribution < -0.4 is 5.73 Å². The van der Waals surface area contributed by atoms with Gasteiger partial charge in [-0.25, -0.2) is 0 Å². The van der Waals surface area contributed by atoms with E-state index in [1.54, 1.807) is 0 Å². The average Bonchev–Trinajstić information content (AvgIpc) is 2.77. The van der Waals surface area contributed by atoms with E-state index in [2.05, 4.69) is 25.7 Å². The summed E-state index contributed by atoms with van der Waals surface area (Å²) in [5, 5.41) is 0. The van der Waals surface area contributed by atoms with E-state index < -0.39 is 5.54 Å². The van der Waals surface area contributed by atoms with Gasteiger partial charge in [-0.3, -0.25) is 4.79 Å². The minimum absolute atomic E-state index is 0.157. The number of carbonyl (C=O) groups excluding carboxylic acids is 1. The number of nitrogens with zero attached hydrogens (tertiary/aromatic N) is 1. The molecule has 1 rings (SSSR count). The SMILES string of the molecule is CCCC(C)(N)C(=O)N(CC(C)C)C1CCCC1. The monoisotopic (exact) mass is 254 g/mol. The van der Waals surface area contributed by atoms with Crippen molar-refractivity contribution in [1.82, 2.24) is 4.90 Å². The molecule has 1 aliphatic carbocycles. The van der Waals surface area contributed by atoms with Gasteiger partial charge in [-0.1, -0.05) is 40.0 Å². The van der Waals surface area contributed by atoms with Crippen LogP contribution in [-0.4, -0.2) is 28.9 Å². The molecule has 0 heterocycles. The molecular formula is C15H30N2O. The lowest BCUT2D eigenvalue weighted by Crippen LogP contribution is -2.56. The second-order valence-electron chi connectivity index (χ2n) is 6.46. The van der Waals surface area contributed by atoms with Crippen LogP contribution in [0.5, 0.6) is 0 Å². The maximum atomic E-state index is 12.7. The van der Waals surface area contributed by atoms with Crippen molar-refractivity contribution < 1.29 is 4.79 Å². The molecule has 0 bridgehead atoms. The van der Waals surface area contributed by atoms with Gasteiger partial charge >= 0.3 is 0 Å². The van der Waals surface area contributed by atoms with Gasteiger partial charge in [0, 0.05) is 12.6 Å². The predicted octanol–water partition coefficient (Wildman–Crippen LogP) is 2.93. The molecule has 1 aliphatic rings. The molecule has 1 amide bonds. The Morgan fingerprint density at radius 3 is 2.39 bits per heavy atom. The fourth-order valence-electron chi connectivity index (χ4n) is 2.96. The summed E-state index contributed by atoms with van der Waals surface area (Å²) in [6.07, 6.45) is 6.54. The van der Waals surface area contributed by atoms with Gasteiger partial charge in [-0.15, -0.1) is 0 Å². The minimum atomic E-state index is -0.688. The highest BCUT2D eigenvalue weighted by Crippen LogP contribution is 2.27. The largest absolute Gasteiger partial charge is 0.338 e. The van der Waals surface area contributed by atoms with Crippen molar-refractivity contribution in [3.05, 3.63) is 0 Å². The lowest BCUT2D eigenvalue weighted by atomic mass is 9.94. The number of hydrogen-bond donors (Lipinski definition) is 1. The van der Waals surface area contributed by atoms with Gasteiger partial charge in [0.15, 0.2) is 0 Å². The van der Waals surface area contributed by atoms with Crippen LogP contribution in [0.2, 0.25) is 0 Å². The summed E-state index contributed by atoms with van der Waals surface area (Å²) in [6, 6.07) is 0.430. The lowest BCUT2D eigenvalue weighted by Gasteiger charge is -2.37. The van der Waals surface area contributed by atoms with E-state index in [9.17, 15) is 4.79 Å². The first kappa shape index (κ1) is 15.5. The molecule has 0 spiro atoms. The molecule has 0 aliphatic heterocycles. The van der Waals surface area contributed by atoms with Crippen molar-refractivity contribution in [3.63, 3.8) is 0 Å². The molecule has 1 atom stereocenters. The molecule has 1 unspecified atom stereocenters. The summed E-state index contributed by atoms with van der Waals surface area (Å²) in [7, 11) is 0. The Bertz CT molecular complexity index is 268. The fraction of sp³-hybridized carbons (Fsp3) is 0.933. The maximum absolute atomic E-state index is 12.7. The first-order chi connectivity index (χ1) is 8.38. The zero-order chi connectivity index (χ0) is 13.8. The average molecular weight is 254 g/mol.